The number of rotatable bonds is 1. The molecule has 0 aliphatic carbocycles. The molecule has 1 nitrogen and oxygen atoms in total. The third kappa shape index (κ3) is 1.83. The molecule has 0 fully saturated rings. The van der Waals surface area contributed by atoms with Crippen molar-refractivity contribution in [2.24, 2.45) is 0 Å². The average Bonchev–Trinajstić information content (AvgIpc) is 1.97. The maximum absolute atomic E-state index is 12.8. The minimum absolute atomic E-state index is 0.000000000000000444. The second-order valence-corrected chi connectivity index (χ2v) is 3.29. The van der Waals surface area contributed by atoms with Crippen molar-refractivity contribution < 1.29 is 9.50 Å². The summed E-state index contributed by atoms with van der Waals surface area (Å²) in [7, 11) is 0. The molecule has 0 saturated heterocycles. The van der Waals surface area contributed by atoms with E-state index in [-0.39, 0.29) is 15.6 Å². The van der Waals surface area contributed by atoms with Crippen LogP contribution in [-0.2, 0) is 0 Å². The highest BCUT2D eigenvalue weighted by molar-refractivity contribution is 6.37. The van der Waals surface area contributed by atoms with Crippen LogP contribution in [0.25, 0.3) is 0 Å². The summed E-state index contributed by atoms with van der Waals surface area (Å²) in [4.78, 5) is 0. The van der Waals surface area contributed by atoms with Crippen molar-refractivity contribution in [1.82, 2.24) is 0 Å². The Balaban J connectivity index is 3.33. The fraction of sp³-hybridized carbons (Fsp3) is 0.143. The number of hydrogen-bond acceptors (Lipinski definition) is 1. The van der Waals surface area contributed by atoms with Crippen molar-refractivity contribution in [2.45, 2.75) is 5.56 Å². The van der Waals surface area contributed by atoms with Gasteiger partial charge in [0.25, 0.3) is 0 Å². The molecule has 1 rings (SSSR count). The predicted molar refractivity (Wildman–Crippen MR) is 47.2 cm³/mol. The number of alkyl halides is 1. The van der Waals surface area contributed by atoms with E-state index in [0.29, 0.717) is 0 Å². The van der Waals surface area contributed by atoms with Crippen molar-refractivity contribution in [2.75, 3.05) is 0 Å². The van der Waals surface area contributed by atoms with Gasteiger partial charge < -0.3 is 5.11 Å². The van der Waals surface area contributed by atoms with Crippen LogP contribution in [0, 0.1) is 5.82 Å². The minimum atomic E-state index is -1.39. The summed E-state index contributed by atoms with van der Waals surface area (Å²) in [6.07, 6.45) is 0. The first-order chi connectivity index (χ1) is 5.54. The third-order valence-electron chi connectivity index (χ3n) is 1.32. The van der Waals surface area contributed by atoms with Crippen LogP contribution in [0.5, 0.6) is 0 Å². The van der Waals surface area contributed by atoms with Crippen LogP contribution in [0.2, 0.25) is 10.0 Å². The van der Waals surface area contributed by atoms with E-state index < -0.39 is 11.4 Å². The number of aliphatic hydroxyl groups excluding tert-OH is 1. The van der Waals surface area contributed by atoms with Gasteiger partial charge >= 0.3 is 0 Å². The van der Waals surface area contributed by atoms with Gasteiger partial charge in [-0.25, -0.2) is 4.39 Å². The maximum Gasteiger partial charge on any atom is 0.156 e. The molecule has 12 heavy (non-hydrogen) atoms. The van der Waals surface area contributed by atoms with Gasteiger partial charge in [-0.1, -0.05) is 34.8 Å². The number of hydrogen-bond donors (Lipinski definition) is 1. The third-order valence-corrected chi connectivity index (χ3v) is 2.25. The van der Waals surface area contributed by atoms with Gasteiger partial charge in [0, 0.05) is 10.6 Å². The molecule has 5 heteroatoms. The van der Waals surface area contributed by atoms with E-state index >= 15 is 0 Å². The van der Waals surface area contributed by atoms with E-state index in [1.54, 1.807) is 0 Å². The largest absolute Gasteiger partial charge is 0.373 e. The summed E-state index contributed by atoms with van der Waals surface area (Å²) in [5, 5.41) is 8.84. The van der Waals surface area contributed by atoms with Crippen LogP contribution in [0.1, 0.15) is 11.1 Å². The molecular formula is C7H4Cl3FO. The van der Waals surface area contributed by atoms with Crippen LogP contribution in [0.3, 0.4) is 0 Å². The quantitative estimate of drug-likeness (QED) is 0.578. The Hall–Kier alpha value is -0.0200. The van der Waals surface area contributed by atoms with Crippen LogP contribution in [-0.4, -0.2) is 5.11 Å². The second-order valence-electron chi connectivity index (χ2n) is 2.09. The molecule has 66 valence electrons. The van der Waals surface area contributed by atoms with Gasteiger partial charge in [-0.05, 0) is 12.1 Å². The van der Waals surface area contributed by atoms with E-state index in [9.17, 15) is 4.39 Å². The smallest absolute Gasteiger partial charge is 0.156 e. The zero-order chi connectivity index (χ0) is 9.30. The van der Waals surface area contributed by atoms with Crippen molar-refractivity contribution in [3.8, 4) is 0 Å². The Morgan fingerprint density at radius 1 is 1.33 bits per heavy atom. The van der Waals surface area contributed by atoms with Gasteiger partial charge in [0.2, 0.25) is 0 Å². The summed E-state index contributed by atoms with van der Waals surface area (Å²) >= 11 is 16.4. The lowest BCUT2D eigenvalue weighted by Crippen LogP contribution is -1.93. The van der Waals surface area contributed by atoms with E-state index in [0.717, 1.165) is 6.07 Å². The van der Waals surface area contributed by atoms with Gasteiger partial charge in [0.1, 0.15) is 5.82 Å². The summed E-state index contributed by atoms with van der Waals surface area (Å²) in [6.45, 7) is 0. The molecule has 0 spiro atoms. The van der Waals surface area contributed by atoms with Crippen molar-refractivity contribution in [3.63, 3.8) is 0 Å². The van der Waals surface area contributed by atoms with E-state index in [4.69, 9.17) is 39.9 Å². The van der Waals surface area contributed by atoms with Gasteiger partial charge in [-0.2, -0.15) is 0 Å². The molecular weight excluding hydrogens is 225 g/mol. The standard InChI is InChI=1S/C7H4Cl3FO/c8-3-1-2-4(11)6(9)5(3)7(10)12/h1-2,7,12H. The van der Waals surface area contributed by atoms with E-state index in [2.05, 4.69) is 0 Å². The molecule has 0 aliphatic rings. The van der Waals surface area contributed by atoms with E-state index in [1.807, 2.05) is 0 Å². The first-order valence-electron chi connectivity index (χ1n) is 2.99. The lowest BCUT2D eigenvalue weighted by Gasteiger charge is -2.07. The first-order valence-corrected chi connectivity index (χ1v) is 4.19. The maximum atomic E-state index is 12.8. The van der Waals surface area contributed by atoms with Gasteiger partial charge in [0.05, 0.1) is 5.02 Å². The van der Waals surface area contributed by atoms with Crippen LogP contribution < -0.4 is 0 Å². The van der Waals surface area contributed by atoms with Gasteiger partial charge in [-0.15, -0.1) is 0 Å². The highest BCUT2D eigenvalue weighted by atomic mass is 35.5. The molecule has 0 heterocycles. The van der Waals surface area contributed by atoms with Crippen molar-refractivity contribution in [3.05, 3.63) is 33.6 Å². The fourth-order valence-corrected chi connectivity index (χ4v) is 1.68. The van der Waals surface area contributed by atoms with Crippen molar-refractivity contribution in [1.29, 1.82) is 0 Å². The Kier molecular flexibility index (Phi) is 3.18. The fourth-order valence-electron chi connectivity index (χ4n) is 0.761. The average molecular weight is 229 g/mol. The Morgan fingerprint density at radius 2 is 1.92 bits per heavy atom. The number of benzene rings is 1. The van der Waals surface area contributed by atoms with Gasteiger partial charge in [-0.3, -0.25) is 0 Å². The van der Waals surface area contributed by atoms with Gasteiger partial charge in [0.15, 0.2) is 5.56 Å². The first kappa shape index (κ1) is 10.1. The minimum Gasteiger partial charge on any atom is -0.373 e. The summed E-state index contributed by atoms with van der Waals surface area (Å²) in [5.74, 6) is -0.657. The molecule has 0 aliphatic heterocycles. The molecule has 1 aromatic rings. The zero-order valence-electron chi connectivity index (χ0n) is 5.69. The van der Waals surface area contributed by atoms with E-state index in [1.165, 1.54) is 6.07 Å². The highest BCUT2D eigenvalue weighted by Gasteiger charge is 2.15. The number of aliphatic hydroxyl groups is 1. The molecule has 1 unspecified atom stereocenters. The summed E-state index contributed by atoms with van der Waals surface area (Å²) in [6, 6.07) is 2.39. The van der Waals surface area contributed by atoms with Crippen LogP contribution >= 0.6 is 34.8 Å². The Morgan fingerprint density at radius 3 is 2.33 bits per heavy atom. The molecule has 0 saturated carbocycles. The molecule has 0 aromatic heterocycles. The highest BCUT2D eigenvalue weighted by Crippen LogP contribution is 2.33. The molecule has 1 aromatic carbocycles. The van der Waals surface area contributed by atoms with Crippen LogP contribution in [0.4, 0.5) is 4.39 Å². The lowest BCUT2D eigenvalue weighted by atomic mass is 10.2. The summed E-state index contributed by atoms with van der Waals surface area (Å²) in [5.41, 5.74) is -1.39. The van der Waals surface area contributed by atoms with Crippen LogP contribution in [0.15, 0.2) is 12.1 Å². The predicted octanol–water partition coefficient (Wildman–Crippen LogP) is 3.36. The molecule has 1 N–H and O–H groups in total. The van der Waals surface area contributed by atoms with Crippen molar-refractivity contribution >= 4 is 34.8 Å². The molecule has 0 amide bonds. The molecule has 0 bridgehead atoms. The second kappa shape index (κ2) is 3.79. The molecule has 0 radical (unpaired) electrons. The Bertz CT molecular complexity index is 301. The molecule has 1 atom stereocenters. The Labute approximate surface area is 83.7 Å². The summed E-state index contributed by atoms with van der Waals surface area (Å²) < 4.78 is 12.8. The SMILES string of the molecule is OC(Cl)c1c(Cl)ccc(F)c1Cl. The monoisotopic (exact) mass is 228 g/mol. The normalized spacial score (nSPS) is 13.1. The zero-order valence-corrected chi connectivity index (χ0v) is 7.96. The number of halogens is 4. The topological polar surface area (TPSA) is 20.2 Å². The lowest BCUT2D eigenvalue weighted by molar-refractivity contribution is 0.262.